The van der Waals surface area contributed by atoms with Gasteiger partial charge in [0.05, 0.1) is 5.01 Å². The molecule has 1 aliphatic carbocycles. The number of rotatable bonds is 9. The van der Waals surface area contributed by atoms with Gasteiger partial charge in [-0.05, 0) is 63.2 Å². The average molecular weight is 449 g/mol. The Labute approximate surface area is 189 Å². The van der Waals surface area contributed by atoms with E-state index in [-0.39, 0.29) is 23.8 Å². The van der Waals surface area contributed by atoms with E-state index in [1.807, 2.05) is 12.3 Å². The van der Waals surface area contributed by atoms with Crippen molar-refractivity contribution in [1.82, 2.24) is 20.5 Å². The molecule has 8 heteroatoms. The Morgan fingerprint density at radius 3 is 2.65 bits per heavy atom. The van der Waals surface area contributed by atoms with Crippen LogP contribution in [-0.2, 0) is 16.0 Å². The highest BCUT2D eigenvalue weighted by Crippen LogP contribution is 2.45. The van der Waals surface area contributed by atoms with Gasteiger partial charge in [-0.25, -0.2) is 9.78 Å². The highest BCUT2D eigenvalue weighted by molar-refractivity contribution is 7.09. The third-order valence-corrected chi connectivity index (χ3v) is 8.24. The van der Waals surface area contributed by atoms with Gasteiger partial charge in [0.25, 0.3) is 5.91 Å². The molecule has 172 valence electrons. The first-order valence-electron chi connectivity index (χ1n) is 11.5. The lowest BCUT2D eigenvalue weighted by Gasteiger charge is -2.42. The number of thiazole rings is 1. The van der Waals surface area contributed by atoms with Gasteiger partial charge in [0, 0.05) is 17.6 Å². The Morgan fingerprint density at radius 2 is 2.03 bits per heavy atom. The van der Waals surface area contributed by atoms with Crippen LogP contribution in [0.4, 0.5) is 4.79 Å². The van der Waals surface area contributed by atoms with Crippen molar-refractivity contribution in [3.63, 3.8) is 0 Å². The monoisotopic (exact) mass is 448 g/mol. The number of amides is 4. The molecule has 1 aromatic heterocycles. The number of hydrogen-bond acceptors (Lipinski definition) is 5. The summed E-state index contributed by atoms with van der Waals surface area (Å²) in [5, 5.41) is 8.91. The van der Waals surface area contributed by atoms with E-state index < -0.39 is 11.6 Å². The molecule has 7 nitrogen and oxygen atoms in total. The quantitative estimate of drug-likeness (QED) is 0.444. The molecule has 2 N–H and O–H groups in total. The Kier molecular flexibility index (Phi) is 7.39. The molecule has 0 unspecified atom stereocenters. The minimum atomic E-state index is -0.816. The first-order chi connectivity index (χ1) is 14.7. The standard InChI is InChI=1S/C23H36N4O3S/c1-5-22(3,4)17-9-11-23(12-10-17)20(29)27(21(30)26-23)14-18(28)24-13-7-6-8-19-25-16(2)15-31-19/h15,17H,5-14H2,1-4H3,(H,24,28)(H,26,30). The number of aromatic nitrogens is 1. The molecule has 2 aliphatic rings. The molecule has 2 fully saturated rings. The smallest absolute Gasteiger partial charge is 0.325 e. The van der Waals surface area contributed by atoms with Gasteiger partial charge >= 0.3 is 6.03 Å². The normalized spacial score (nSPS) is 24.0. The topological polar surface area (TPSA) is 91.4 Å². The first kappa shape index (κ1) is 23.7. The Balaban J connectivity index is 1.43. The van der Waals surface area contributed by atoms with Crippen molar-refractivity contribution in [2.45, 2.75) is 84.6 Å². The predicted octanol–water partition coefficient (Wildman–Crippen LogP) is 3.81. The summed E-state index contributed by atoms with van der Waals surface area (Å²) in [6.07, 6.45) is 6.93. The van der Waals surface area contributed by atoms with Crippen molar-refractivity contribution in [3.8, 4) is 0 Å². The zero-order valence-corrected chi connectivity index (χ0v) is 20.1. The summed E-state index contributed by atoms with van der Waals surface area (Å²) < 4.78 is 0. The molecule has 31 heavy (non-hydrogen) atoms. The Bertz CT molecular complexity index is 811. The van der Waals surface area contributed by atoms with Crippen LogP contribution in [0.3, 0.4) is 0 Å². The number of unbranched alkanes of at least 4 members (excludes halogenated alkanes) is 1. The maximum atomic E-state index is 13.0. The van der Waals surface area contributed by atoms with Crippen LogP contribution in [0.25, 0.3) is 0 Å². The molecule has 0 aromatic carbocycles. The van der Waals surface area contributed by atoms with Gasteiger partial charge in [0.15, 0.2) is 0 Å². The van der Waals surface area contributed by atoms with E-state index in [4.69, 9.17) is 0 Å². The van der Waals surface area contributed by atoms with Gasteiger partial charge < -0.3 is 10.6 Å². The second kappa shape index (κ2) is 9.67. The first-order valence-corrected chi connectivity index (χ1v) is 12.4. The number of imide groups is 1. The molecule has 2 heterocycles. The number of carbonyl (C=O) groups is 3. The molecule has 0 bridgehead atoms. The minimum absolute atomic E-state index is 0.206. The average Bonchev–Trinajstić information content (AvgIpc) is 3.24. The fourth-order valence-electron chi connectivity index (χ4n) is 4.69. The van der Waals surface area contributed by atoms with Crippen LogP contribution >= 0.6 is 11.3 Å². The summed E-state index contributed by atoms with van der Waals surface area (Å²) in [4.78, 5) is 43.4. The molecule has 1 aromatic rings. The minimum Gasteiger partial charge on any atom is -0.355 e. The van der Waals surface area contributed by atoms with Crippen molar-refractivity contribution >= 4 is 29.2 Å². The van der Waals surface area contributed by atoms with Crippen molar-refractivity contribution in [2.75, 3.05) is 13.1 Å². The number of nitrogens with one attached hydrogen (secondary N) is 2. The molecule has 3 rings (SSSR count). The van der Waals surface area contributed by atoms with Gasteiger partial charge in [0.1, 0.15) is 12.1 Å². The summed E-state index contributed by atoms with van der Waals surface area (Å²) in [5.41, 5.74) is 0.469. The maximum Gasteiger partial charge on any atom is 0.325 e. The number of aryl methyl sites for hydroxylation is 2. The maximum absolute atomic E-state index is 13.0. The van der Waals surface area contributed by atoms with E-state index in [0.717, 1.165) is 54.1 Å². The molecule has 4 amide bonds. The highest BCUT2D eigenvalue weighted by Gasteiger charge is 2.53. The Hall–Kier alpha value is -1.96. The second-order valence-electron chi connectivity index (χ2n) is 9.71. The largest absolute Gasteiger partial charge is 0.355 e. The van der Waals surface area contributed by atoms with Crippen LogP contribution in [-0.4, -0.2) is 46.4 Å². The Morgan fingerprint density at radius 1 is 1.32 bits per heavy atom. The fourth-order valence-corrected chi connectivity index (χ4v) is 5.50. The van der Waals surface area contributed by atoms with Gasteiger partial charge in [0.2, 0.25) is 5.91 Å². The number of nitrogens with zero attached hydrogens (tertiary/aromatic N) is 2. The molecule has 0 atom stereocenters. The summed E-state index contributed by atoms with van der Waals surface area (Å²) in [7, 11) is 0. The third-order valence-electron chi connectivity index (χ3n) is 7.21. The zero-order chi connectivity index (χ0) is 22.6. The van der Waals surface area contributed by atoms with E-state index in [0.29, 0.717) is 25.3 Å². The van der Waals surface area contributed by atoms with Crippen LogP contribution in [0.2, 0.25) is 0 Å². The molecule has 1 aliphatic heterocycles. The van der Waals surface area contributed by atoms with Crippen LogP contribution in [0.5, 0.6) is 0 Å². The van der Waals surface area contributed by atoms with Gasteiger partial charge in [-0.3, -0.25) is 14.5 Å². The SMILES string of the molecule is CCC(C)(C)C1CCC2(CC1)NC(=O)N(CC(=O)NCCCCc1nc(C)cs1)C2=O. The molecular formula is C23H36N4O3S. The molecule has 1 spiro atoms. The molecule has 0 radical (unpaired) electrons. The lowest BCUT2D eigenvalue weighted by Crippen LogP contribution is -2.51. The van der Waals surface area contributed by atoms with Crippen LogP contribution in [0, 0.1) is 18.3 Å². The molecule has 1 saturated carbocycles. The summed E-state index contributed by atoms with van der Waals surface area (Å²) in [5.74, 6) is 0.0319. The second-order valence-corrected chi connectivity index (χ2v) is 10.7. The van der Waals surface area contributed by atoms with E-state index >= 15 is 0 Å². The van der Waals surface area contributed by atoms with Crippen LogP contribution in [0.15, 0.2) is 5.38 Å². The van der Waals surface area contributed by atoms with E-state index in [2.05, 4.69) is 36.4 Å². The van der Waals surface area contributed by atoms with E-state index in [1.54, 1.807) is 11.3 Å². The zero-order valence-electron chi connectivity index (χ0n) is 19.3. The van der Waals surface area contributed by atoms with Crippen molar-refractivity contribution in [3.05, 3.63) is 16.1 Å². The summed E-state index contributed by atoms with van der Waals surface area (Å²) >= 11 is 1.66. The van der Waals surface area contributed by atoms with Gasteiger partial charge in [-0.15, -0.1) is 11.3 Å². The van der Waals surface area contributed by atoms with Crippen molar-refractivity contribution in [1.29, 1.82) is 0 Å². The molecular weight excluding hydrogens is 412 g/mol. The van der Waals surface area contributed by atoms with Crippen molar-refractivity contribution in [2.24, 2.45) is 11.3 Å². The van der Waals surface area contributed by atoms with Gasteiger partial charge in [-0.1, -0.05) is 27.2 Å². The summed E-state index contributed by atoms with van der Waals surface area (Å²) in [6, 6.07) is -0.438. The lowest BCUT2D eigenvalue weighted by atomic mass is 9.65. The number of hydrogen-bond donors (Lipinski definition) is 2. The lowest BCUT2D eigenvalue weighted by molar-refractivity contribution is -0.136. The molecule has 1 saturated heterocycles. The fraction of sp³-hybridized carbons (Fsp3) is 0.739. The number of carbonyl (C=O) groups excluding carboxylic acids is 3. The van der Waals surface area contributed by atoms with Crippen LogP contribution < -0.4 is 10.6 Å². The summed E-state index contributed by atoms with van der Waals surface area (Å²) in [6.45, 7) is 9.07. The van der Waals surface area contributed by atoms with Gasteiger partial charge in [-0.2, -0.15) is 0 Å². The van der Waals surface area contributed by atoms with Crippen molar-refractivity contribution < 1.29 is 14.4 Å². The highest BCUT2D eigenvalue weighted by atomic mass is 32.1. The van der Waals surface area contributed by atoms with Crippen LogP contribution in [0.1, 0.15) is 76.4 Å². The van der Waals surface area contributed by atoms with E-state index in [9.17, 15) is 14.4 Å². The predicted molar refractivity (Wildman–Crippen MR) is 122 cm³/mol. The van der Waals surface area contributed by atoms with E-state index in [1.165, 1.54) is 0 Å². The number of urea groups is 1. The third kappa shape index (κ3) is 5.45.